The van der Waals surface area contributed by atoms with E-state index in [0.717, 1.165) is 51.5 Å². The van der Waals surface area contributed by atoms with E-state index in [2.05, 4.69) is 58.8 Å². The average Bonchev–Trinajstić information content (AvgIpc) is 3.07. The summed E-state index contributed by atoms with van der Waals surface area (Å²) in [4.78, 5) is 12.4. The molecule has 0 saturated heterocycles. The molecule has 3 aromatic heterocycles. The van der Waals surface area contributed by atoms with Crippen molar-refractivity contribution in [3.05, 3.63) is 52.9 Å². The first-order valence-corrected chi connectivity index (χ1v) is 9.22. The zero-order chi connectivity index (χ0) is 19.4. The molecule has 1 aliphatic rings. The van der Waals surface area contributed by atoms with Gasteiger partial charge in [0.15, 0.2) is 0 Å². The summed E-state index contributed by atoms with van der Waals surface area (Å²) in [6.07, 6.45) is 6.86. The van der Waals surface area contributed by atoms with Gasteiger partial charge < -0.3 is 20.9 Å². The molecule has 4 heterocycles. The molecule has 0 radical (unpaired) electrons. The van der Waals surface area contributed by atoms with Crippen LogP contribution in [0.4, 0.5) is 11.5 Å². The fourth-order valence-electron chi connectivity index (χ4n) is 2.95. The van der Waals surface area contributed by atoms with Crippen molar-refractivity contribution >= 4 is 28.2 Å². The van der Waals surface area contributed by atoms with Gasteiger partial charge in [0.2, 0.25) is 0 Å². The van der Waals surface area contributed by atoms with E-state index in [4.69, 9.17) is 4.98 Å². The smallest absolute Gasteiger partial charge is 0.668 e. The van der Waals surface area contributed by atoms with Crippen molar-refractivity contribution in [1.29, 1.82) is 0 Å². The molecular weight excluding hydrogens is 574 g/mol. The normalized spacial score (nSPS) is 13.1. The number of H-pyrrole nitrogens is 1. The minimum absolute atomic E-state index is 0. The Hall–Kier alpha value is -1.81. The van der Waals surface area contributed by atoms with Crippen LogP contribution >= 0.6 is 0 Å². The van der Waals surface area contributed by atoms with Crippen LogP contribution in [0.2, 0.25) is 0 Å². The van der Waals surface area contributed by atoms with Gasteiger partial charge in [-0.25, -0.2) is 9.97 Å². The largest absolute Gasteiger partial charge is 2.00 e. The van der Waals surface area contributed by atoms with Crippen LogP contribution in [0.5, 0.6) is 0 Å². The van der Waals surface area contributed by atoms with Crippen LogP contribution in [-0.2, 0) is 0 Å². The van der Waals surface area contributed by atoms with E-state index >= 15 is 0 Å². The molecule has 7 heteroatoms. The molecule has 0 fully saturated rings. The molecule has 0 amide bonds. The number of anilines is 1. The van der Waals surface area contributed by atoms with Crippen molar-refractivity contribution < 1.29 is 31.1 Å². The molecule has 144 valence electrons. The molecule has 0 bridgehead atoms. The van der Waals surface area contributed by atoms with Crippen LogP contribution in [0, 0.1) is 31.1 Å². The summed E-state index contributed by atoms with van der Waals surface area (Å²) >= 11 is 0. The van der Waals surface area contributed by atoms with Crippen molar-refractivity contribution in [1.82, 2.24) is 15.0 Å². The Balaban J connectivity index is 0.000000660. The fourth-order valence-corrected chi connectivity index (χ4v) is 2.95. The van der Waals surface area contributed by atoms with Gasteiger partial charge in [0, 0.05) is 29.4 Å². The molecule has 0 aromatic carbocycles. The maximum Gasteiger partial charge on any atom is 2.00 e. The van der Waals surface area contributed by atoms with Gasteiger partial charge in [-0.15, -0.1) is 11.4 Å². The van der Waals surface area contributed by atoms with E-state index in [0.29, 0.717) is 6.04 Å². The third-order valence-electron chi connectivity index (χ3n) is 4.01. The Kier molecular flexibility index (Phi) is 8.12. The topological polar surface area (TPSA) is 81.8 Å². The zero-order valence-corrected chi connectivity index (χ0v) is 21.2. The Morgan fingerprint density at radius 2 is 2.04 bits per heavy atom. The molecule has 0 unspecified atom stereocenters. The van der Waals surface area contributed by atoms with Crippen LogP contribution in [-0.4, -0.2) is 35.1 Å². The molecule has 1 aliphatic heterocycles. The van der Waals surface area contributed by atoms with Gasteiger partial charge in [-0.05, 0) is 44.0 Å². The van der Waals surface area contributed by atoms with Crippen molar-refractivity contribution in [2.24, 2.45) is 0 Å². The molecule has 0 spiro atoms. The van der Waals surface area contributed by atoms with Crippen molar-refractivity contribution in [2.45, 2.75) is 33.2 Å². The van der Waals surface area contributed by atoms with E-state index in [-0.39, 0.29) is 31.1 Å². The number of aromatic amines is 1. The van der Waals surface area contributed by atoms with Gasteiger partial charge >= 0.3 is 31.1 Å². The summed E-state index contributed by atoms with van der Waals surface area (Å²) in [5.74, 6) is 0.904. The third-order valence-corrected chi connectivity index (χ3v) is 4.01. The Morgan fingerprint density at radius 1 is 1.29 bits per heavy atom. The first-order valence-electron chi connectivity index (χ1n) is 9.22. The van der Waals surface area contributed by atoms with Crippen molar-refractivity contribution in [3.8, 4) is 11.3 Å². The summed E-state index contributed by atoms with van der Waals surface area (Å²) < 4.78 is 0. The van der Waals surface area contributed by atoms with Crippen LogP contribution in [0.1, 0.15) is 32.8 Å². The molecular formula is C21H26N6U. The summed E-state index contributed by atoms with van der Waals surface area (Å²) in [7, 11) is 3.50. The molecule has 2 N–H and O–H groups in total. The van der Waals surface area contributed by atoms with Gasteiger partial charge in [-0.1, -0.05) is 13.0 Å². The Bertz CT molecular complexity index is 961. The second-order valence-corrected chi connectivity index (χ2v) is 6.75. The maximum absolute atomic E-state index is 4.86. The van der Waals surface area contributed by atoms with Gasteiger partial charge in [-0.2, -0.15) is 14.1 Å². The van der Waals surface area contributed by atoms with Gasteiger partial charge in [0.25, 0.3) is 0 Å². The standard InChI is InChI=1S/C19H20N5.C2H6N.U/c1-4-5-14-17-16(23-14)9-15(24-19(17)22-11(2)3)13-8-12-6-7-20-18(12)21-10-13;1-3-2;/h5-11H,4H2,1-3H3,(H,20,21)(H,22,24);1-2H3;/q2*-1;+2/b14-5-;;. The number of allylic oxidation sites excluding steroid dienone is 1. The number of nitrogens with zero attached hydrogens (tertiary/aromatic N) is 4. The second kappa shape index (κ2) is 10.1. The van der Waals surface area contributed by atoms with Gasteiger partial charge in [0.1, 0.15) is 11.5 Å². The van der Waals surface area contributed by atoms with E-state index in [1.165, 1.54) is 0 Å². The summed E-state index contributed by atoms with van der Waals surface area (Å²) in [6, 6.07) is 6.48. The summed E-state index contributed by atoms with van der Waals surface area (Å²) in [5, 5.41) is 12.7. The summed E-state index contributed by atoms with van der Waals surface area (Å²) in [5.41, 5.74) is 5.95. The monoisotopic (exact) mass is 600 g/mol. The second-order valence-electron chi connectivity index (χ2n) is 6.75. The minimum atomic E-state index is 0. The number of pyridine rings is 2. The maximum atomic E-state index is 4.86. The quantitative estimate of drug-likeness (QED) is 0.395. The van der Waals surface area contributed by atoms with Crippen LogP contribution in [0.15, 0.2) is 36.7 Å². The van der Waals surface area contributed by atoms with Crippen LogP contribution in [0.25, 0.3) is 38.6 Å². The number of nitrogens with one attached hydrogen (secondary N) is 2. The van der Waals surface area contributed by atoms with E-state index in [1.807, 2.05) is 24.5 Å². The van der Waals surface area contributed by atoms with Gasteiger partial charge in [0.05, 0.1) is 5.69 Å². The predicted molar refractivity (Wildman–Crippen MR) is 115 cm³/mol. The molecule has 0 saturated carbocycles. The Morgan fingerprint density at radius 3 is 2.71 bits per heavy atom. The van der Waals surface area contributed by atoms with E-state index in [9.17, 15) is 0 Å². The molecule has 3 aromatic rings. The molecule has 6 nitrogen and oxygen atoms in total. The number of aromatic nitrogens is 3. The minimum Gasteiger partial charge on any atom is -0.668 e. The number of hydrogen-bond donors (Lipinski definition) is 2. The molecule has 4 rings (SSSR count). The fraction of sp³-hybridized carbons (Fsp3) is 0.333. The molecule has 0 aliphatic carbocycles. The van der Waals surface area contributed by atoms with Crippen molar-refractivity contribution in [2.75, 3.05) is 19.4 Å². The first kappa shape index (κ1) is 22.5. The van der Waals surface area contributed by atoms with E-state index < -0.39 is 0 Å². The zero-order valence-electron chi connectivity index (χ0n) is 17.0. The first-order chi connectivity index (χ1) is 13.1. The number of fused-ring (bicyclic) bond motifs is 2. The average molecular weight is 601 g/mol. The van der Waals surface area contributed by atoms with E-state index in [1.54, 1.807) is 14.1 Å². The summed E-state index contributed by atoms with van der Waals surface area (Å²) in [6.45, 7) is 6.36. The third kappa shape index (κ3) is 4.78. The predicted octanol–water partition coefficient (Wildman–Crippen LogP) is 5.83. The molecule has 0 atom stereocenters. The number of rotatable bonds is 4. The van der Waals surface area contributed by atoms with Crippen LogP contribution in [0.3, 0.4) is 0 Å². The number of hydrogen-bond acceptors (Lipinski definition) is 3. The van der Waals surface area contributed by atoms with Crippen molar-refractivity contribution in [3.63, 3.8) is 0 Å². The van der Waals surface area contributed by atoms with Gasteiger partial charge in [-0.3, -0.25) is 0 Å². The Labute approximate surface area is 190 Å². The van der Waals surface area contributed by atoms with Crippen LogP contribution < -0.4 is 5.32 Å². The SMILES string of the molecule is CC/C=C1\[N-]c2cc(-c3cnc4[nH]ccc4c3)nc(NC(C)C)c21.C[N-]C.[U+2]. The molecule has 28 heavy (non-hydrogen) atoms.